The lowest BCUT2D eigenvalue weighted by atomic mass is 10.0. The first-order valence-corrected chi connectivity index (χ1v) is 11.6. The predicted octanol–water partition coefficient (Wildman–Crippen LogP) is 3.51. The summed E-state index contributed by atoms with van der Waals surface area (Å²) in [7, 11) is 3.12. The van der Waals surface area contributed by atoms with Gasteiger partial charge in [-0.3, -0.25) is 4.79 Å². The fourth-order valence-corrected chi connectivity index (χ4v) is 4.43. The number of halogens is 1. The first kappa shape index (κ1) is 23.8. The van der Waals surface area contributed by atoms with Gasteiger partial charge in [-0.05, 0) is 55.3 Å². The van der Waals surface area contributed by atoms with Crippen molar-refractivity contribution < 1.29 is 9.53 Å². The number of fused-ring (bicyclic) bond motifs is 1. The lowest BCUT2D eigenvalue weighted by molar-refractivity contribution is 0.0962. The minimum Gasteiger partial charge on any atom is -0.495 e. The molecule has 0 spiro atoms. The maximum atomic E-state index is 12.2. The van der Waals surface area contributed by atoms with Gasteiger partial charge in [-0.15, -0.1) is 0 Å². The Morgan fingerprint density at radius 2 is 2.06 bits per heavy atom. The Kier molecular flexibility index (Phi) is 7.49. The molecular formula is C25H29ClN6O2. The van der Waals surface area contributed by atoms with Gasteiger partial charge in [-0.1, -0.05) is 11.6 Å². The maximum absolute atomic E-state index is 12.2. The van der Waals surface area contributed by atoms with Crippen LogP contribution in [0.4, 0.5) is 0 Å². The summed E-state index contributed by atoms with van der Waals surface area (Å²) >= 11 is 6.58. The lowest BCUT2D eigenvalue weighted by Crippen LogP contribution is -2.37. The highest BCUT2D eigenvalue weighted by Gasteiger charge is 2.17. The minimum absolute atomic E-state index is 0.207. The van der Waals surface area contributed by atoms with E-state index in [4.69, 9.17) is 21.7 Å². The Bertz CT molecular complexity index is 1230. The zero-order chi connectivity index (χ0) is 24.1. The van der Waals surface area contributed by atoms with Gasteiger partial charge in [0.15, 0.2) is 0 Å². The zero-order valence-corrected chi connectivity index (χ0v) is 20.1. The van der Waals surface area contributed by atoms with Crippen LogP contribution in [0.2, 0.25) is 5.02 Å². The number of aromatic nitrogens is 2. The molecule has 3 aromatic rings. The topological polar surface area (TPSA) is 115 Å². The van der Waals surface area contributed by atoms with E-state index in [1.54, 1.807) is 25.4 Å². The van der Waals surface area contributed by atoms with Crippen molar-refractivity contribution in [3.8, 4) is 5.75 Å². The number of pyridine rings is 1. The fourth-order valence-electron chi connectivity index (χ4n) is 4.18. The van der Waals surface area contributed by atoms with Crippen molar-refractivity contribution in [2.45, 2.75) is 25.3 Å². The van der Waals surface area contributed by atoms with Crippen molar-refractivity contribution >= 4 is 40.3 Å². The number of piperidine rings is 1. The van der Waals surface area contributed by atoms with Gasteiger partial charge in [0.1, 0.15) is 11.4 Å². The summed E-state index contributed by atoms with van der Waals surface area (Å²) in [5.74, 6) is 0.246. The molecule has 1 aliphatic heterocycles. The van der Waals surface area contributed by atoms with Crippen LogP contribution in [0.1, 0.15) is 39.9 Å². The van der Waals surface area contributed by atoms with Crippen LogP contribution in [-0.2, 0) is 6.42 Å². The monoisotopic (exact) mass is 480 g/mol. The molecule has 1 fully saturated rings. The molecule has 3 heterocycles. The van der Waals surface area contributed by atoms with E-state index in [0.29, 0.717) is 28.8 Å². The number of nitrogens with zero attached hydrogens (tertiary/aromatic N) is 1. The van der Waals surface area contributed by atoms with Gasteiger partial charge >= 0.3 is 0 Å². The number of nitrogens with one attached hydrogen (secondary N) is 5. The summed E-state index contributed by atoms with van der Waals surface area (Å²) in [5.41, 5.74) is 4.61. The number of carbonyl (C=O) groups excluding carboxylic acids is 1. The number of hydrogen-bond donors (Lipinski definition) is 5. The SMILES string of the molecule is CNC(=O)c1cc(Cc2c[nH]c3ncc(/C(C=N)=C/NC4CCNCC4)cc23)c(Cl)c(OC)c1. The van der Waals surface area contributed by atoms with Crippen molar-refractivity contribution in [1.82, 2.24) is 25.9 Å². The highest BCUT2D eigenvalue weighted by molar-refractivity contribution is 6.33. The molecule has 0 aliphatic carbocycles. The van der Waals surface area contributed by atoms with Crippen LogP contribution in [0.15, 0.2) is 36.8 Å². The number of ether oxygens (including phenoxy) is 1. The second-order valence-corrected chi connectivity index (χ2v) is 8.65. The number of hydrogen-bond acceptors (Lipinski definition) is 6. The maximum Gasteiger partial charge on any atom is 0.251 e. The summed E-state index contributed by atoms with van der Waals surface area (Å²) in [6.07, 6.45) is 9.52. The number of benzene rings is 1. The summed E-state index contributed by atoms with van der Waals surface area (Å²) in [4.78, 5) is 20.0. The number of allylic oxidation sites excluding steroid dienone is 1. The molecule has 1 amide bonds. The van der Waals surface area contributed by atoms with E-state index in [2.05, 4.69) is 25.9 Å². The molecular weight excluding hydrogens is 452 g/mol. The van der Waals surface area contributed by atoms with Gasteiger partial charge in [0.2, 0.25) is 0 Å². The third-order valence-corrected chi connectivity index (χ3v) is 6.55. The number of amides is 1. The van der Waals surface area contributed by atoms with Crippen LogP contribution in [0, 0.1) is 5.41 Å². The van der Waals surface area contributed by atoms with Crippen molar-refractivity contribution in [3.63, 3.8) is 0 Å². The van der Waals surface area contributed by atoms with Crippen LogP contribution in [0.5, 0.6) is 5.75 Å². The smallest absolute Gasteiger partial charge is 0.251 e. The minimum atomic E-state index is -0.207. The normalized spacial score (nSPS) is 14.7. The second-order valence-electron chi connectivity index (χ2n) is 8.28. The average molecular weight is 481 g/mol. The quantitative estimate of drug-likeness (QED) is 0.316. The molecule has 5 N–H and O–H groups in total. The van der Waals surface area contributed by atoms with E-state index in [9.17, 15) is 4.79 Å². The first-order chi connectivity index (χ1) is 16.5. The van der Waals surface area contributed by atoms with E-state index < -0.39 is 0 Å². The Morgan fingerprint density at radius 3 is 2.76 bits per heavy atom. The average Bonchev–Trinajstić information content (AvgIpc) is 3.27. The molecule has 0 bridgehead atoms. The molecule has 1 aliphatic rings. The third-order valence-electron chi connectivity index (χ3n) is 6.12. The number of rotatable bonds is 8. The van der Waals surface area contributed by atoms with Crippen molar-refractivity contribution in [1.29, 1.82) is 5.41 Å². The van der Waals surface area contributed by atoms with Crippen LogP contribution < -0.4 is 20.7 Å². The first-order valence-electron chi connectivity index (χ1n) is 11.3. The molecule has 0 radical (unpaired) electrons. The summed E-state index contributed by atoms with van der Waals surface area (Å²) in [6, 6.07) is 5.85. The zero-order valence-electron chi connectivity index (χ0n) is 19.3. The Balaban J connectivity index is 1.65. The highest BCUT2D eigenvalue weighted by Crippen LogP contribution is 2.33. The second kappa shape index (κ2) is 10.7. The van der Waals surface area contributed by atoms with Gasteiger partial charge < -0.3 is 31.1 Å². The third kappa shape index (κ3) is 5.08. The number of carbonyl (C=O) groups is 1. The van der Waals surface area contributed by atoms with E-state index in [1.165, 1.54) is 13.3 Å². The Labute approximate surface area is 203 Å². The van der Waals surface area contributed by atoms with Crippen LogP contribution >= 0.6 is 11.6 Å². The molecule has 0 unspecified atom stereocenters. The summed E-state index contributed by atoms with van der Waals surface area (Å²) < 4.78 is 5.39. The number of H-pyrrole nitrogens is 1. The largest absolute Gasteiger partial charge is 0.495 e. The fraction of sp³-hybridized carbons (Fsp3) is 0.320. The van der Waals surface area contributed by atoms with Gasteiger partial charge in [-0.25, -0.2) is 4.98 Å². The molecule has 8 nitrogen and oxygen atoms in total. The predicted molar refractivity (Wildman–Crippen MR) is 136 cm³/mol. The van der Waals surface area contributed by atoms with Crippen molar-refractivity contribution in [2.24, 2.45) is 0 Å². The van der Waals surface area contributed by atoms with Crippen LogP contribution in [0.3, 0.4) is 0 Å². The molecule has 0 saturated carbocycles. The van der Waals surface area contributed by atoms with Crippen molar-refractivity contribution in [2.75, 3.05) is 27.2 Å². The summed E-state index contributed by atoms with van der Waals surface area (Å²) in [5, 5.41) is 18.8. The summed E-state index contributed by atoms with van der Waals surface area (Å²) in [6.45, 7) is 2.00. The van der Waals surface area contributed by atoms with Gasteiger partial charge in [-0.2, -0.15) is 0 Å². The number of aromatic amines is 1. The van der Waals surface area contributed by atoms with Crippen molar-refractivity contribution in [3.05, 3.63) is 64.1 Å². The standard InChI is InChI=1S/C25H29ClN6O2/c1-28-25(33)16-7-15(23(26)22(10-16)34-2)8-18-13-32-24-21(18)9-17(12-31-24)19(11-27)14-30-20-3-5-29-6-4-20/h7,9-14,20,27,29-30H,3-6,8H2,1-2H3,(H,28,33)(H,31,32)/b19-14+,27-11?. The van der Waals surface area contributed by atoms with Gasteiger partial charge in [0.25, 0.3) is 5.91 Å². The van der Waals surface area contributed by atoms with Gasteiger partial charge in [0, 0.05) is 66.4 Å². The van der Waals surface area contributed by atoms with E-state index in [0.717, 1.165) is 59.2 Å². The molecule has 178 valence electrons. The van der Waals surface area contributed by atoms with Gasteiger partial charge in [0.05, 0.1) is 12.1 Å². The molecule has 4 rings (SSSR count). The molecule has 34 heavy (non-hydrogen) atoms. The Morgan fingerprint density at radius 1 is 1.26 bits per heavy atom. The molecule has 2 aromatic heterocycles. The lowest BCUT2D eigenvalue weighted by Gasteiger charge is -2.23. The number of methoxy groups -OCH3 is 1. The Hall–Kier alpha value is -3.36. The molecule has 1 aromatic carbocycles. The molecule has 0 atom stereocenters. The van der Waals surface area contributed by atoms with E-state index in [1.807, 2.05) is 18.5 Å². The van der Waals surface area contributed by atoms with E-state index in [-0.39, 0.29) is 5.91 Å². The van der Waals surface area contributed by atoms with E-state index >= 15 is 0 Å². The molecule has 9 heteroatoms. The van der Waals surface area contributed by atoms with Crippen LogP contribution in [0.25, 0.3) is 16.6 Å². The molecule has 1 saturated heterocycles. The highest BCUT2D eigenvalue weighted by atomic mass is 35.5. The van der Waals surface area contributed by atoms with Crippen LogP contribution in [-0.4, -0.2) is 55.4 Å².